The number of nitrogens with zero attached hydrogens (tertiary/aromatic N) is 1. The number of rotatable bonds is 9. The van der Waals surface area contributed by atoms with E-state index in [0.29, 0.717) is 17.4 Å². The second kappa shape index (κ2) is 8.39. The lowest BCUT2D eigenvalue weighted by molar-refractivity contribution is -0.896. The highest BCUT2D eigenvalue weighted by atomic mass is 31.2. The zero-order valence-electron chi connectivity index (χ0n) is 12.1. The monoisotopic (exact) mass is 310 g/mol. The van der Waals surface area contributed by atoms with E-state index in [1.54, 1.807) is 0 Å². The third kappa shape index (κ3) is 9.94. The van der Waals surface area contributed by atoms with Crippen LogP contribution in [0, 0.1) is 0 Å². The maximum atomic E-state index is 11.2. The van der Waals surface area contributed by atoms with Crippen molar-refractivity contribution in [1.29, 1.82) is 0 Å². The SMILES string of the molecule is C=CCOC(=O)NCCC(COP(=O)([O-])O)[N+](C)(C)C. The molecule has 0 aromatic heterocycles. The summed E-state index contributed by atoms with van der Waals surface area (Å²) in [5.41, 5.74) is 0. The molecule has 20 heavy (non-hydrogen) atoms. The topological polar surface area (TPSA) is 108 Å². The van der Waals surface area contributed by atoms with Crippen LogP contribution in [0.25, 0.3) is 0 Å². The van der Waals surface area contributed by atoms with E-state index >= 15 is 0 Å². The average Bonchev–Trinajstić information content (AvgIpc) is 2.27. The van der Waals surface area contributed by atoms with Crippen molar-refractivity contribution in [2.75, 3.05) is 40.9 Å². The fourth-order valence-electron chi connectivity index (χ4n) is 1.40. The van der Waals surface area contributed by atoms with Crippen LogP contribution in [-0.2, 0) is 13.8 Å². The van der Waals surface area contributed by atoms with E-state index in [1.807, 2.05) is 21.1 Å². The molecule has 0 spiro atoms. The van der Waals surface area contributed by atoms with Crippen molar-refractivity contribution in [2.45, 2.75) is 12.5 Å². The van der Waals surface area contributed by atoms with Gasteiger partial charge in [0, 0.05) is 13.0 Å². The minimum Gasteiger partial charge on any atom is -0.756 e. The first kappa shape index (κ1) is 19.1. The summed E-state index contributed by atoms with van der Waals surface area (Å²) in [6.07, 6.45) is 1.35. The van der Waals surface area contributed by atoms with Gasteiger partial charge in [-0.15, -0.1) is 0 Å². The van der Waals surface area contributed by atoms with Crippen LogP contribution < -0.4 is 10.2 Å². The number of carbonyl (C=O) groups excluding carboxylic acids is 1. The molecule has 0 aliphatic heterocycles. The molecule has 0 aliphatic carbocycles. The molecule has 0 saturated carbocycles. The Hall–Kier alpha value is -0.920. The Morgan fingerprint density at radius 1 is 1.55 bits per heavy atom. The average molecular weight is 310 g/mol. The summed E-state index contributed by atoms with van der Waals surface area (Å²) in [6, 6.07) is -0.218. The Labute approximate surface area is 119 Å². The van der Waals surface area contributed by atoms with Crippen LogP contribution in [0.15, 0.2) is 12.7 Å². The number of quaternary nitrogens is 1. The van der Waals surface area contributed by atoms with Crippen molar-refractivity contribution in [3.63, 3.8) is 0 Å². The predicted molar refractivity (Wildman–Crippen MR) is 71.8 cm³/mol. The van der Waals surface area contributed by atoms with E-state index in [-0.39, 0.29) is 19.3 Å². The molecule has 118 valence electrons. The summed E-state index contributed by atoms with van der Waals surface area (Å²) in [5.74, 6) is 0. The first-order valence-electron chi connectivity index (χ1n) is 6.07. The van der Waals surface area contributed by atoms with E-state index in [9.17, 15) is 14.3 Å². The van der Waals surface area contributed by atoms with Crippen LogP contribution in [0.2, 0.25) is 0 Å². The molecule has 0 aromatic carbocycles. The minimum atomic E-state index is -4.74. The molecule has 0 heterocycles. The van der Waals surface area contributed by atoms with Gasteiger partial charge in [-0.05, 0) is 0 Å². The lowest BCUT2D eigenvalue weighted by atomic mass is 10.2. The van der Waals surface area contributed by atoms with Crippen LogP contribution in [-0.4, -0.2) is 62.4 Å². The van der Waals surface area contributed by atoms with Gasteiger partial charge in [0.1, 0.15) is 19.3 Å². The van der Waals surface area contributed by atoms with Crippen molar-refractivity contribution in [3.05, 3.63) is 12.7 Å². The highest BCUT2D eigenvalue weighted by Crippen LogP contribution is 2.31. The van der Waals surface area contributed by atoms with Crippen molar-refractivity contribution in [2.24, 2.45) is 0 Å². The predicted octanol–water partition coefficient (Wildman–Crippen LogP) is -0.159. The lowest BCUT2D eigenvalue weighted by Crippen LogP contribution is -2.49. The Kier molecular flexibility index (Phi) is 8.00. The first-order valence-corrected chi connectivity index (χ1v) is 7.57. The number of alkyl carbamates (subject to hydrolysis) is 1. The van der Waals surface area contributed by atoms with Crippen LogP contribution in [0.3, 0.4) is 0 Å². The van der Waals surface area contributed by atoms with E-state index in [2.05, 4.69) is 16.4 Å². The number of hydrogen-bond donors (Lipinski definition) is 2. The molecule has 2 N–H and O–H groups in total. The number of phosphoric acid groups is 1. The molecule has 0 aliphatic rings. The molecular formula is C11H23N2O6P. The minimum absolute atomic E-state index is 0.123. The van der Waals surface area contributed by atoms with Gasteiger partial charge in [-0.3, -0.25) is 4.57 Å². The second-order valence-electron chi connectivity index (χ2n) is 5.14. The quantitative estimate of drug-likeness (QED) is 0.348. The van der Waals surface area contributed by atoms with E-state index in [1.165, 1.54) is 6.08 Å². The van der Waals surface area contributed by atoms with E-state index in [4.69, 9.17) is 9.63 Å². The van der Waals surface area contributed by atoms with Gasteiger partial charge in [-0.2, -0.15) is 0 Å². The van der Waals surface area contributed by atoms with Crippen molar-refractivity contribution in [1.82, 2.24) is 5.32 Å². The molecule has 0 saturated heterocycles. The Bertz CT molecular complexity index is 362. The lowest BCUT2D eigenvalue weighted by Gasteiger charge is -2.34. The molecule has 0 aromatic rings. The van der Waals surface area contributed by atoms with Crippen LogP contribution >= 0.6 is 7.82 Å². The summed E-state index contributed by atoms with van der Waals surface area (Å²) in [5, 5.41) is 2.53. The summed E-state index contributed by atoms with van der Waals surface area (Å²) in [4.78, 5) is 30.4. The summed E-state index contributed by atoms with van der Waals surface area (Å²) < 4.78 is 20.2. The first-order chi connectivity index (χ1) is 9.06. The molecule has 2 unspecified atom stereocenters. The number of phosphoric ester groups is 1. The molecule has 0 radical (unpaired) electrons. The number of likely N-dealkylation sites (N-methyl/N-ethyl adjacent to an activating group) is 1. The van der Waals surface area contributed by atoms with E-state index in [0.717, 1.165) is 0 Å². The number of ether oxygens (including phenoxy) is 1. The number of hydrogen-bond acceptors (Lipinski definition) is 5. The molecule has 1 amide bonds. The van der Waals surface area contributed by atoms with Crippen LogP contribution in [0.1, 0.15) is 6.42 Å². The van der Waals surface area contributed by atoms with Gasteiger partial charge < -0.3 is 28.8 Å². The molecule has 0 rings (SSSR count). The number of nitrogens with one attached hydrogen (secondary N) is 1. The standard InChI is InChI=1S/C11H23N2O6P/c1-5-8-18-11(14)12-7-6-10(13(2,3)4)9-19-20(15,16)17/h5,10H,1,6-9H2,2-4H3,(H2-,12,14,15,16,17). The second-order valence-corrected chi connectivity index (χ2v) is 6.33. The fourth-order valence-corrected chi connectivity index (χ4v) is 1.76. The normalized spacial score (nSPS) is 16.1. The molecule has 8 nitrogen and oxygen atoms in total. The molecule has 9 heteroatoms. The largest absolute Gasteiger partial charge is 0.756 e. The Balaban J connectivity index is 4.22. The molecular weight excluding hydrogens is 287 g/mol. The highest BCUT2D eigenvalue weighted by molar-refractivity contribution is 7.44. The molecule has 0 bridgehead atoms. The van der Waals surface area contributed by atoms with Gasteiger partial charge >= 0.3 is 6.09 Å². The van der Waals surface area contributed by atoms with Crippen molar-refractivity contribution in [3.8, 4) is 0 Å². The smallest absolute Gasteiger partial charge is 0.407 e. The van der Waals surface area contributed by atoms with Gasteiger partial charge in [0.25, 0.3) is 7.82 Å². The summed E-state index contributed by atoms with van der Waals surface area (Å²) >= 11 is 0. The third-order valence-electron chi connectivity index (χ3n) is 2.60. The zero-order valence-corrected chi connectivity index (χ0v) is 13.0. The van der Waals surface area contributed by atoms with Crippen molar-refractivity contribution < 1.29 is 32.9 Å². The van der Waals surface area contributed by atoms with Gasteiger partial charge in [0.15, 0.2) is 0 Å². The number of amides is 1. The molecule has 2 atom stereocenters. The van der Waals surface area contributed by atoms with Gasteiger partial charge in [0.05, 0.1) is 21.1 Å². The fraction of sp³-hybridized carbons (Fsp3) is 0.727. The van der Waals surface area contributed by atoms with Gasteiger partial charge in [-0.25, -0.2) is 4.79 Å². The maximum Gasteiger partial charge on any atom is 0.407 e. The Morgan fingerprint density at radius 3 is 2.60 bits per heavy atom. The van der Waals surface area contributed by atoms with Crippen molar-refractivity contribution >= 4 is 13.9 Å². The zero-order chi connectivity index (χ0) is 15.8. The van der Waals surface area contributed by atoms with Gasteiger partial charge in [0.2, 0.25) is 0 Å². The van der Waals surface area contributed by atoms with E-state index < -0.39 is 13.9 Å². The maximum absolute atomic E-state index is 11.2. The highest BCUT2D eigenvalue weighted by Gasteiger charge is 2.25. The number of carbonyl (C=O) groups is 1. The van der Waals surface area contributed by atoms with Crippen LogP contribution in [0.4, 0.5) is 4.79 Å². The van der Waals surface area contributed by atoms with Crippen LogP contribution in [0.5, 0.6) is 0 Å². The Morgan fingerprint density at radius 2 is 2.15 bits per heavy atom. The summed E-state index contributed by atoms with van der Waals surface area (Å²) in [7, 11) is 0.837. The van der Waals surface area contributed by atoms with Gasteiger partial charge in [-0.1, -0.05) is 12.7 Å². The summed E-state index contributed by atoms with van der Waals surface area (Å²) in [6.45, 7) is 3.68. The third-order valence-corrected chi connectivity index (χ3v) is 3.08. The molecule has 0 fully saturated rings.